The summed E-state index contributed by atoms with van der Waals surface area (Å²) in [7, 11) is 0. The highest BCUT2D eigenvalue weighted by atomic mass is 19.4. The van der Waals surface area contributed by atoms with E-state index in [0.29, 0.717) is 53.4 Å². The Morgan fingerprint density at radius 1 is 1.13 bits per heavy atom. The van der Waals surface area contributed by atoms with Gasteiger partial charge in [0.2, 0.25) is 5.91 Å². The number of ether oxygens (including phenoxy) is 1. The number of carbonyl (C=O) groups excluding carboxylic acids is 2. The summed E-state index contributed by atoms with van der Waals surface area (Å²) in [4.78, 5) is 36.7. The lowest BCUT2D eigenvalue weighted by Gasteiger charge is -2.34. The molecule has 0 saturated heterocycles. The molecule has 2 heterocycles. The van der Waals surface area contributed by atoms with E-state index in [1.54, 1.807) is 6.92 Å². The molecule has 5 rings (SSSR count). The molecule has 8 nitrogen and oxygen atoms in total. The van der Waals surface area contributed by atoms with Gasteiger partial charge in [0.1, 0.15) is 23.3 Å². The standard InChI is InChI=1S/C28H32F3N5O3/c1-14-10-19(7-8-21(14)35-16(3)37)36-27(38)23-15(2)34-26-24(32-13-33-25(23)26)20-11-18(28(29,30)31)6-9-22(20)39-12-17-4-5-17/h6,9,11,13-14,17,19,21,34H,4-5,7-8,10,12H2,1-3H3,(H,35,37)(H,36,38)/t14-,19+,21+/m1/s1. The fourth-order valence-electron chi connectivity index (χ4n) is 5.37. The predicted octanol–water partition coefficient (Wildman–Crippen LogP) is 5.16. The first kappa shape index (κ1) is 27.0. The molecule has 11 heteroatoms. The zero-order valence-corrected chi connectivity index (χ0v) is 22.1. The summed E-state index contributed by atoms with van der Waals surface area (Å²) < 4.78 is 46.7. The van der Waals surface area contributed by atoms with Crippen LogP contribution in [-0.2, 0) is 11.0 Å². The van der Waals surface area contributed by atoms with Crippen molar-refractivity contribution < 1.29 is 27.5 Å². The first-order chi connectivity index (χ1) is 18.5. The highest BCUT2D eigenvalue weighted by Gasteiger charge is 2.33. The van der Waals surface area contributed by atoms with Gasteiger partial charge in [0.05, 0.1) is 23.3 Å². The molecule has 2 aromatic heterocycles. The molecule has 0 spiro atoms. The molecule has 0 aliphatic heterocycles. The Morgan fingerprint density at radius 3 is 2.56 bits per heavy atom. The lowest BCUT2D eigenvalue weighted by molar-refractivity contribution is -0.137. The van der Waals surface area contributed by atoms with E-state index >= 15 is 0 Å². The number of carbonyl (C=O) groups is 2. The number of aromatic amines is 1. The number of hydrogen-bond acceptors (Lipinski definition) is 5. The van der Waals surface area contributed by atoms with E-state index in [9.17, 15) is 22.8 Å². The number of benzene rings is 1. The monoisotopic (exact) mass is 543 g/mol. The van der Waals surface area contributed by atoms with E-state index < -0.39 is 11.7 Å². The number of fused-ring (bicyclic) bond motifs is 1. The normalized spacial score (nSPS) is 21.5. The fraction of sp³-hybridized carbons (Fsp3) is 0.500. The van der Waals surface area contributed by atoms with Crippen molar-refractivity contribution in [2.75, 3.05) is 6.61 Å². The summed E-state index contributed by atoms with van der Waals surface area (Å²) >= 11 is 0. The lowest BCUT2D eigenvalue weighted by atomic mass is 9.82. The highest BCUT2D eigenvalue weighted by Crippen LogP contribution is 2.40. The largest absolute Gasteiger partial charge is 0.493 e. The lowest BCUT2D eigenvalue weighted by Crippen LogP contribution is -2.47. The van der Waals surface area contributed by atoms with E-state index in [4.69, 9.17) is 4.74 Å². The van der Waals surface area contributed by atoms with Gasteiger partial charge in [-0.15, -0.1) is 0 Å². The van der Waals surface area contributed by atoms with Crippen LogP contribution in [-0.4, -0.2) is 45.5 Å². The third-order valence-electron chi connectivity index (χ3n) is 7.63. The molecule has 3 aromatic rings. The van der Waals surface area contributed by atoms with Gasteiger partial charge in [-0.2, -0.15) is 13.2 Å². The van der Waals surface area contributed by atoms with E-state index in [0.717, 1.165) is 31.4 Å². The van der Waals surface area contributed by atoms with Crippen molar-refractivity contribution in [3.8, 4) is 17.0 Å². The SMILES string of the molecule is CC(=O)N[C@H]1CC[C@H](NC(=O)c2c(C)[nH]c3c(-c4cc(C(F)(F)F)ccc4OCC4CC4)ncnc23)C[C@H]1C. The van der Waals surface area contributed by atoms with Crippen molar-refractivity contribution in [3.05, 3.63) is 41.3 Å². The van der Waals surface area contributed by atoms with Crippen molar-refractivity contribution >= 4 is 22.8 Å². The number of halogens is 3. The number of aryl methyl sites for hydroxylation is 1. The Hall–Kier alpha value is -3.63. The quantitative estimate of drug-likeness (QED) is 0.381. The minimum Gasteiger partial charge on any atom is -0.493 e. The second kappa shape index (κ2) is 10.5. The molecule has 0 unspecified atom stereocenters. The summed E-state index contributed by atoms with van der Waals surface area (Å²) in [5.74, 6) is 0.525. The highest BCUT2D eigenvalue weighted by molar-refractivity contribution is 6.09. The van der Waals surface area contributed by atoms with Gasteiger partial charge in [0.15, 0.2) is 0 Å². The first-order valence-electron chi connectivity index (χ1n) is 13.3. The minimum absolute atomic E-state index is 0.0684. The molecule has 39 heavy (non-hydrogen) atoms. The van der Waals surface area contributed by atoms with Crippen LogP contribution < -0.4 is 15.4 Å². The Labute approximate surface area is 224 Å². The molecule has 3 atom stereocenters. The summed E-state index contributed by atoms with van der Waals surface area (Å²) in [6.45, 7) is 5.70. The average Bonchev–Trinajstić information content (AvgIpc) is 3.63. The number of amides is 2. The number of nitrogens with zero attached hydrogens (tertiary/aromatic N) is 2. The van der Waals surface area contributed by atoms with Gasteiger partial charge in [0, 0.05) is 30.3 Å². The number of hydrogen-bond donors (Lipinski definition) is 3. The maximum atomic E-state index is 13.6. The zero-order valence-electron chi connectivity index (χ0n) is 22.1. The summed E-state index contributed by atoms with van der Waals surface area (Å²) in [5.41, 5.74) is 1.20. The van der Waals surface area contributed by atoms with Crippen LogP contribution in [0.5, 0.6) is 5.75 Å². The Bertz CT molecular complexity index is 1400. The zero-order chi connectivity index (χ0) is 27.9. The number of aromatic nitrogens is 3. The fourth-order valence-corrected chi connectivity index (χ4v) is 5.37. The molecule has 2 amide bonds. The molecule has 2 fully saturated rings. The van der Waals surface area contributed by atoms with E-state index in [-0.39, 0.29) is 41.1 Å². The maximum absolute atomic E-state index is 13.6. The minimum atomic E-state index is -4.54. The summed E-state index contributed by atoms with van der Waals surface area (Å²) in [5, 5.41) is 6.06. The van der Waals surface area contributed by atoms with Crippen molar-refractivity contribution in [2.24, 2.45) is 11.8 Å². The van der Waals surface area contributed by atoms with Gasteiger partial charge >= 0.3 is 6.18 Å². The smallest absolute Gasteiger partial charge is 0.416 e. The van der Waals surface area contributed by atoms with Crippen molar-refractivity contribution in [3.63, 3.8) is 0 Å². The Morgan fingerprint density at radius 2 is 1.90 bits per heavy atom. The van der Waals surface area contributed by atoms with Crippen LogP contribution in [0.15, 0.2) is 24.5 Å². The van der Waals surface area contributed by atoms with E-state index in [1.807, 2.05) is 6.92 Å². The van der Waals surface area contributed by atoms with Crippen LogP contribution in [0, 0.1) is 18.8 Å². The molecule has 208 valence electrons. The molecule has 3 N–H and O–H groups in total. The predicted molar refractivity (Wildman–Crippen MR) is 139 cm³/mol. The van der Waals surface area contributed by atoms with Crippen LogP contribution in [0.1, 0.15) is 67.6 Å². The number of nitrogens with one attached hydrogen (secondary N) is 3. The molecule has 2 aliphatic carbocycles. The third kappa shape index (κ3) is 5.86. The molecule has 1 aromatic carbocycles. The van der Waals surface area contributed by atoms with Gasteiger partial charge in [-0.3, -0.25) is 9.59 Å². The summed E-state index contributed by atoms with van der Waals surface area (Å²) in [6, 6.07) is 3.37. The van der Waals surface area contributed by atoms with Crippen molar-refractivity contribution in [1.29, 1.82) is 0 Å². The van der Waals surface area contributed by atoms with Crippen LogP contribution >= 0.6 is 0 Å². The number of rotatable bonds is 7. The third-order valence-corrected chi connectivity index (χ3v) is 7.63. The molecule has 2 aliphatic rings. The van der Waals surface area contributed by atoms with Crippen molar-refractivity contribution in [1.82, 2.24) is 25.6 Å². The van der Waals surface area contributed by atoms with Gasteiger partial charge in [-0.05, 0) is 69.1 Å². The Balaban J connectivity index is 1.45. The van der Waals surface area contributed by atoms with E-state index in [1.165, 1.54) is 19.3 Å². The topological polar surface area (TPSA) is 109 Å². The number of H-pyrrole nitrogens is 1. The Kier molecular flexibility index (Phi) is 7.26. The molecular formula is C28H32F3N5O3. The summed E-state index contributed by atoms with van der Waals surface area (Å²) in [6.07, 6.45) is 0.977. The van der Waals surface area contributed by atoms with Crippen molar-refractivity contribution in [2.45, 2.75) is 71.1 Å². The molecule has 0 radical (unpaired) electrons. The van der Waals surface area contributed by atoms with Crippen LogP contribution in [0.25, 0.3) is 22.3 Å². The molecular weight excluding hydrogens is 511 g/mol. The molecule has 0 bridgehead atoms. The second-order valence-electron chi connectivity index (χ2n) is 10.8. The van der Waals surface area contributed by atoms with Crippen LogP contribution in [0.3, 0.4) is 0 Å². The first-order valence-corrected chi connectivity index (χ1v) is 13.3. The van der Waals surface area contributed by atoms with Gasteiger partial charge in [-0.25, -0.2) is 9.97 Å². The van der Waals surface area contributed by atoms with Gasteiger partial charge in [-0.1, -0.05) is 6.92 Å². The average molecular weight is 544 g/mol. The van der Waals surface area contributed by atoms with Crippen LogP contribution in [0.4, 0.5) is 13.2 Å². The number of alkyl halides is 3. The maximum Gasteiger partial charge on any atom is 0.416 e. The van der Waals surface area contributed by atoms with Gasteiger partial charge < -0.3 is 20.4 Å². The molecule has 2 saturated carbocycles. The van der Waals surface area contributed by atoms with Crippen LogP contribution in [0.2, 0.25) is 0 Å². The van der Waals surface area contributed by atoms with Gasteiger partial charge in [0.25, 0.3) is 5.91 Å². The second-order valence-corrected chi connectivity index (χ2v) is 10.8. The van der Waals surface area contributed by atoms with E-state index in [2.05, 4.69) is 25.6 Å².